The maximum absolute atomic E-state index is 12.0. The molecule has 9 heteroatoms. The van der Waals surface area contributed by atoms with Gasteiger partial charge in [-0.15, -0.1) is 0 Å². The highest BCUT2D eigenvalue weighted by atomic mass is 31.2. The number of nitrogens with zero attached hydrogens (tertiary/aromatic N) is 1. The van der Waals surface area contributed by atoms with Gasteiger partial charge in [-0.25, -0.2) is 4.57 Å². The minimum absolute atomic E-state index is 0.0885. The van der Waals surface area contributed by atoms with Crippen LogP contribution in [0.25, 0.3) is 0 Å². The molecule has 0 heterocycles. The van der Waals surface area contributed by atoms with Crippen molar-refractivity contribution in [3.8, 4) is 0 Å². The van der Waals surface area contributed by atoms with Crippen LogP contribution in [0.1, 0.15) is 110 Å². The molecule has 1 N–H and O–H groups in total. The van der Waals surface area contributed by atoms with Crippen LogP contribution in [0.2, 0.25) is 0 Å². The maximum atomic E-state index is 12.0. The smallest absolute Gasteiger partial charge is 0.458 e. The third-order valence-electron chi connectivity index (χ3n) is 5.97. The lowest BCUT2D eigenvalue weighted by Crippen LogP contribution is -2.37. The number of unbranched alkanes of at least 4 members (excludes halogenated alkanes) is 14. The summed E-state index contributed by atoms with van der Waals surface area (Å²) in [5.74, 6) is -0.488. The zero-order chi connectivity index (χ0) is 27.1. The molecule has 2 atom stereocenters. The van der Waals surface area contributed by atoms with Crippen LogP contribution in [0.4, 0.5) is 0 Å². The van der Waals surface area contributed by atoms with E-state index in [9.17, 15) is 14.3 Å². The van der Waals surface area contributed by atoms with Crippen LogP contribution < -0.4 is 0 Å². The molecule has 0 aliphatic carbocycles. The van der Waals surface area contributed by atoms with Crippen molar-refractivity contribution in [3.63, 3.8) is 0 Å². The Morgan fingerprint density at radius 3 is 1.67 bits per heavy atom. The summed E-state index contributed by atoms with van der Waals surface area (Å²) in [7, 11) is 1.66. The first-order valence-electron chi connectivity index (χ1n) is 14.2. The van der Waals surface area contributed by atoms with Gasteiger partial charge in [0.2, 0.25) is 0 Å². The first-order chi connectivity index (χ1) is 17.1. The highest BCUT2D eigenvalue weighted by Gasteiger charge is 2.25. The molecule has 0 spiro atoms. The Hall–Kier alpha value is -0.500. The number of likely N-dealkylation sites (N-methyl/N-ethyl adjacent to an activating group) is 1. The predicted octanol–water partition coefficient (Wildman–Crippen LogP) is 6.65. The van der Waals surface area contributed by atoms with Gasteiger partial charge in [0.05, 0.1) is 34.4 Å². The van der Waals surface area contributed by atoms with Crippen LogP contribution in [0.15, 0.2) is 0 Å². The van der Waals surface area contributed by atoms with E-state index in [0.717, 1.165) is 12.8 Å². The SMILES string of the molecule is CCCCCCCCCCCCCCCCCOCC(COP(=O)(O)OCC[N+](C)(C)C)OC(C)=O. The molecule has 0 amide bonds. The standard InChI is InChI=1S/C27H56NO7P/c1-6-7-8-9-10-11-12-13-14-15-16-17-18-19-20-22-32-24-27(35-26(2)29)25-34-36(30,31)33-23-21-28(3,4)5/h27H,6-25H2,1-5H3/p+1. The van der Waals surface area contributed by atoms with Crippen molar-refractivity contribution < 1.29 is 37.3 Å². The van der Waals surface area contributed by atoms with Crippen LogP contribution in [0.5, 0.6) is 0 Å². The number of carbonyl (C=O) groups is 1. The van der Waals surface area contributed by atoms with Gasteiger partial charge in [0, 0.05) is 13.5 Å². The van der Waals surface area contributed by atoms with Crippen molar-refractivity contribution in [3.05, 3.63) is 0 Å². The molecule has 0 fully saturated rings. The summed E-state index contributed by atoms with van der Waals surface area (Å²) in [6, 6.07) is 0. The Bertz CT molecular complexity index is 569. The van der Waals surface area contributed by atoms with E-state index in [0.29, 0.717) is 17.6 Å². The average Bonchev–Trinajstić information content (AvgIpc) is 2.78. The molecule has 0 aliphatic heterocycles. The normalized spacial score (nSPS) is 14.5. The first kappa shape index (κ1) is 35.5. The molecule has 0 aromatic carbocycles. The zero-order valence-corrected chi connectivity index (χ0v) is 24.9. The number of quaternary nitrogens is 1. The van der Waals surface area contributed by atoms with E-state index in [2.05, 4.69) is 6.92 Å². The van der Waals surface area contributed by atoms with E-state index in [1.54, 1.807) is 0 Å². The van der Waals surface area contributed by atoms with Gasteiger partial charge in [-0.2, -0.15) is 0 Å². The lowest BCUT2D eigenvalue weighted by atomic mass is 10.0. The summed E-state index contributed by atoms with van der Waals surface area (Å²) in [6.45, 7) is 4.63. The fourth-order valence-electron chi connectivity index (χ4n) is 3.79. The van der Waals surface area contributed by atoms with E-state index in [1.807, 2.05) is 21.1 Å². The van der Waals surface area contributed by atoms with Crippen LogP contribution in [-0.4, -0.2) is 75.6 Å². The zero-order valence-electron chi connectivity index (χ0n) is 24.0. The van der Waals surface area contributed by atoms with E-state index < -0.39 is 19.9 Å². The molecule has 0 radical (unpaired) electrons. The van der Waals surface area contributed by atoms with E-state index in [-0.39, 0.29) is 19.8 Å². The van der Waals surface area contributed by atoms with Crippen molar-refractivity contribution in [2.24, 2.45) is 0 Å². The predicted molar refractivity (Wildman–Crippen MR) is 146 cm³/mol. The van der Waals surface area contributed by atoms with Gasteiger partial charge >= 0.3 is 13.8 Å². The minimum Gasteiger partial charge on any atom is -0.458 e. The lowest BCUT2D eigenvalue weighted by Gasteiger charge is -2.24. The number of hydrogen-bond donors (Lipinski definition) is 1. The summed E-state index contributed by atoms with van der Waals surface area (Å²) >= 11 is 0. The number of esters is 1. The molecule has 8 nitrogen and oxygen atoms in total. The van der Waals surface area contributed by atoms with Crippen LogP contribution in [0.3, 0.4) is 0 Å². The van der Waals surface area contributed by atoms with Crippen molar-refractivity contribution in [1.82, 2.24) is 0 Å². The molecule has 216 valence electrons. The summed E-state index contributed by atoms with van der Waals surface area (Å²) in [6.07, 6.45) is 18.9. The molecular weight excluding hydrogens is 481 g/mol. The third-order valence-corrected chi connectivity index (χ3v) is 6.95. The van der Waals surface area contributed by atoms with Gasteiger partial charge in [-0.1, -0.05) is 96.8 Å². The van der Waals surface area contributed by atoms with Crippen LogP contribution >= 0.6 is 7.82 Å². The topological polar surface area (TPSA) is 91.3 Å². The molecule has 0 bridgehead atoms. The fraction of sp³-hybridized carbons (Fsp3) is 0.963. The van der Waals surface area contributed by atoms with Gasteiger partial charge in [-0.05, 0) is 6.42 Å². The molecule has 0 saturated heterocycles. The highest BCUT2D eigenvalue weighted by Crippen LogP contribution is 2.43. The van der Waals surface area contributed by atoms with E-state index >= 15 is 0 Å². The Morgan fingerprint density at radius 2 is 1.22 bits per heavy atom. The minimum atomic E-state index is -4.21. The number of phosphoric acid groups is 1. The lowest BCUT2D eigenvalue weighted by molar-refractivity contribution is -0.870. The first-order valence-corrected chi connectivity index (χ1v) is 15.7. The quantitative estimate of drug-likeness (QED) is 0.0571. The summed E-state index contributed by atoms with van der Waals surface area (Å²) < 4.78 is 33.4. The van der Waals surface area contributed by atoms with Crippen molar-refractivity contribution in [1.29, 1.82) is 0 Å². The second-order valence-electron chi connectivity index (χ2n) is 10.9. The number of carbonyl (C=O) groups excluding carboxylic acids is 1. The molecular formula is C27H57NO7P+. The molecule has 36 heavy (non-hydrogen) atoms. The molecule has 0 aromatic rings. The van der Waals surface area contributed by atoms with E-state index in [1.165, 1.54) is 90.4 Å². The summed E-state index contributed by atoms with van der Waals surface area (Å²) in [5.41, 5.74) is 0. The molecule has 2 unspecified atom stereocenters. The third kappa shape index (κ3) is 26.6. The highest BCUT2D eigenvalue weighted by molar-refractivity contribution is 7.47. The number of phosphoric ester groups is 1. The maximum Gasteiger partial charge on any atom is 0.472 e. The van der Waals surface area contributed by atoms with Crippen molar-refractivity contribution in [2.75, 3.05) is 54.1 Å². The van der Waals surface area contributed by atoms with Crippen molar-refractivity contribution in [2.45, 2.75) is 116 Å². The van der Waals surface area contributed by atoms with Gasteiger partial charge in [-0.3, -0.25) is 13.8 Å². The molecule has 0 aliphatic rings. The number of rotatable bonds is 26. The largest absolute Gasteiger partial charge is 0.472 e. The van der Waals surface area contributed by atoms with Crippen LogP contribution in [-0.2, 0) is 27.9 Å². The second kappa shape index (κ2) is 22.5. The average molecular weight is 539 g/mol. The molecule has 0 saturated carbocycles. The van der Waals surface area contributed by atoms with Gasteiger partial charge in [0.1, 0.15) is 19.3 Å². The van der Waals surface area contributed by atoms with Gasteiger partial charge in [0.15, 0.2) is 0 Å². The van der Waals surface area contributed by atoms with Crippen molar-refractivity contribution >= 4 is 13.8 Å². The summed E-state index contributed by atoms with van der Waals surface area (Å²) in [5, 5.41) is 0. The van der Waals surface area contributed by atoms with Gasteiger partial charge < -0.3 is 18.9 Å². The van der Waals surface area contributed by atoms with E-state index in [4.69, 9.17) is 18.5 Å². The summed E-state index contributed by atoms with van der Waals surface area (Å²) in [4.78, 5) is 21.2. The van der Waals surface area contributed by atoms with Gasteiger partial charge in [0.25, 0.3) is 0 Å². The molecule has 0 aromatic heterocycles. The monoisotopic (exact) mass is 538 g/mol. The Labute approximate surface area is 221 Å². The van der Waals surface area contributed by atoms with Crippen LogP contribution in [0, 0.1) is 0 Å². The molecule has 0 rings (SSSR count). The fourth-order valence-corrected chi connectivity index (χ4v) is 4.53. The number of ether oxygens (including phenoxy) is 2. The Kier molecular flexibility index (Phi) is 22.2. The Morgan fingerprint density at radius 1 is 0.750 bits per heavy atom. The number of hydrogen-bond acceptors (Lipinski definition) is 6. The second-order valence-corrected chi connectivity index (χ2v) is 12.3. The Balaban J connectivity index is 3.74.